The second-order valence-corrected chi connectivity index (χ2v) is 4.51. The van der Waals surface area contributed by atoms with Gasteiger partial charge in [0.1, 0.15) is 11.9 Å². The number of hydrogen-bond donors (Lipinski definition) is 2. The first-order valence-electron chi connectivity index (χ1n) is 5.89. The topological polar surface area (TPSA) is 32.3 Å². The molecule has 1 aliphatic rings. The van der Waals surface area contributed by atoms with Crippen molar-refractivity contribution in [3.8, 4) is 5.75 Å². The molecule has 0 saturated carbocycles. The Morgan fingerprint density at radius 3 is 2.75 bits per heavy atom. The maximum atomic E-state index is 13.9. The van der Waals surface area contributed by atoms with Gasteiger partial charge in [0.15, 0.2) is 0 Å². The molecule has 0 aliphatic carbocycles. The third-order valence-electron chi connectivity index (χ3n) is 3.19. The molecule has 1 aromatic rings. The zero-order valence-corrected chi connectivity index (χ0v) is 9.32. The van der Waals surface area contributed by atoms with E-state index >= 15 is 0 Å². The molecule has 2 unspecified atom stereocenters. The van der Waals surface area contributed by atoms with Crippen molar-refractivity contribution in [3.05, 3.63) is 29.8 Å². The smallest absolute Gasteiger partial charge is 0.125 e. The van der Waals surface area contributed by atoms with Crippen LogP contribution in [0.15, 0.2) is 24.3 Å². The van der Waals surface area contributed by atoms with Crippen LogP contribution in [0.25, 0.3) is 0 Å². The highest BCUT2D eigenvalue weighted by Crippen LogP contribution is 2.29. The van der Waals surface area contributed by atoms with E-state index in [0.717, 1.165) is 25.9 Å². The van der Waals surface area contributed by atoms with Gasteiger partial charge in [-0.05, 0) is 56.0 Å². The fraction of sp³-hybridized carbons (Fsp3) is 0.538. The van der Waals surface area contributed by atoms with Crippen LogP contribution in [0.5, 0.6) is 5.75 Å². The molecule has 0 aromatic heterocycles. The van der Waals surface area contributed by atoms with E-state index in [-0.39, 0.29) is 5.75 Å². The van der Waals surface area contributed by atoms with E-state index in [2.05, 4.69) is 5.32 Å². The first kappa shape index (κ1) is 11.4. The first-order chi connectivity index (χ1) is 7.75. The number of nitrogens with one attached hydrogen (secondary N) is 1. The molecule has 0 radical (unpaired) electrons. The minimum atomic E-state index is -0.912. The maximum Gasteiger partial charge on any atom is 0.125 e. The average molecular weight is 223 g/mol. The lowest BCUT2D eigenvalue weighted by Gasteiger charge is -2.24. The molecule has 2 nitrogen and oxygen atoms in total. The van der Waals surface area contributed by atoms with Crippen LogP contribution >= 0.6 is 0 Å². The van der Waals surface area contributed by atoms with Crippen LogP contribution in [0.2, 0.25) is 0 Å². The van der Waals surface area contributed by atoms with E-state index in [9.17, 15) is 4.39 Å². The van der Waals surface area contributed by atoms with E-state index in [0.29, 0.717) is 17.9 Å². The summed E-state index contributed by atoms with van der Waals surface area (Å²) in [5.41, 5.74) is 0.670. The summed E-state index contributed by atoms with van der Waals surface area (Å²) >= 11 is 0. The Morgan fingerprint density at radius 1 is 1.38 bits per heavy atom. The van der Waals surface area contributed by atoms with Crippen LogP contribution in [0, 0.1) is 5.92 Å². The van der Waals surface area contributed by atoms with Crippen LogP contribution in [0.4, 0.5) is 4.39 Å². The number of aromatic hydroxyl groups is 1. The molecule has 2 rings (SSSR count). The predicted molar refractivity (Wildman–Crippen MR) is 62.2 cm³/mol. The Balaban J connectivity index is 1.91. The summed E-state index contributed by atoms with van der Waals surface area (Å²) in [4.78, 5) is 0. The lowest BCUT2D eigenvalue weighted by atomic mass is 9.91. The van der Waals surface area contributed by atoms with Crippen LogP contribution < -0.4 is 5.32 Å². The van der Waals surface area contributed by atoms with Crippen molar-refractivity contribution in [2.45, 2.75) is 25.4 Å². The van der Waals surface area contributed by atoms with E-state index < -0.39 is 6.17 Å². The molecule has 1 saturated heterocycles. The highest BCUT2D eigenvalue weighted by Gasteiger charge is 2.19. The van der Waals surface area contributed by atoms with E-state index in [1.807, 2.05) is 0 Å². The first-order valence-corrected chi connectivity index (χ1v) is 5.89. The molecule has 1 aliphatic heterocycles. The number of rotatable bonds is 3. The molecule has 1 heterocycles. The largest absolute Gasteiger partial charge is 0.508 e. The molecular formula is C13H18FNO. The summed E-state index contributed by atoms with van der Waals surface area (Å²) in [5, 5.41) is 12.4. The SMILES string of the molecule is Oc1ccc(C(F)CC2CCCNC2)cc1. The molecule has 0 spiro atoms. The van der Waals surface area contributed by atoms with Crippen LogP contribution in [0.3, 0.4) is 0 Å². The molecule has 1 aromatic carbocycles. The van der Waals surface area contributed by atoms with Gasteiger partial charge in [-0.2, -0.15) is 0 Å². The van der Waals surface area contributed by atoms with E-state index in [4.69, 9.17) is 5.11 Å². The molecule has 2 N–H and O–H groups in total. The van der Waals surface area contributed by atoms with Crippen molar-refractivity contribution in [2.24, 2.45) is 5.92 Å². The Bertz CT molecular complexity index is 319. The highest BCUT2D eigenvalue weighted by molar-refractivity contribution is 5.27. The van der Waals surface area contributed by atoms with Gasteiger partial charge in [-0.25, -0.2) is 4.39 Å². The zero-order chi connectivity index (χ0) is 11.4. The monoisotopic (exact) mass is 223 g/mol. The number of alkyl halides is 1. The summed E-state index contributed by atoms with van der Waals surface area (Å²) < 4.78 is 13.9. The average Bonchev–Trinajstić information content (AvgIpc) is 2.31. The fourth-order valence-corrected chi connectivity index (χ4v) is 2.24. The molecule has 1 fully saturated rings. The molecular weight excluding hydrogens is 205 g/mol. The van der Waals surface area contributed by atoms with E-state index in [1.165, 1.54) is 0 Å². The van der Waals surface area contributed by atoms with Gasteiger partial charge in [0.05, 0.1) is 0 Å². The van der Waals surface area contributed by atoms with Gasteiger partial charge in [0, 0.05) is 0 Å². The summed E-state index contributed by atoms with van der Waals surface area (Å²) in [7, 11) is 0. The predicted octanol–water partition coefficient (Wildman–Crippen LogP) is 2.79. The quantitative estimate of drug-likeness (QED) is 0.825. The lowest BCUT2D eigenvalue weighted by Crippen LogP contribution is -2.30. The number of piperidine rings is 1. The molecule has 16 heavy (non-hydrogen) atoms. The van der Waals surface area contributed by atoms with Gasteiger partial charge in [0.2, 0.25) is 0 Å². The number of phenolic OH excluding ortho intramolecular Hbond substituents is 1. The highest BCUT2D eigenvalue weighted by atomic mass is 19.1. The van der Waals surface area contributed by atoms with Crippen molar-refractivity contribution in [1.29, 1.82) is 0 Å². The van der Waals surface area contributed by atoms with Gasteiger partial charge >= 0.3 is 0 Å². The van der Waals surface area contributed by atoms with Gasteiger partial charge in [0.25, 0.3) is 0 Å². The van der Waals surface area contributed by atoms with Crippen molar-refractivity contribution >= 4 is 0 Å². The van der Waals surface area contributed by atoms with Gasteiger partial charge in [-0.3, -0.25) is 0 Å². The third-order valence-corrected chi connectivity index (χ3v) is 3.19. The molecule has 0 amide bonds. The third kappa shape index (κ3) is 2.95. The molecule has 88 valence electrons. The number of hydrogen-bond acceptors (Lipinski definition) is 2. The zero-order valence-electron chi connectivity index (χ0n) is 9.32. The summed E-state index contributed by atoms with van der Waals surface area (Å²) in [6, 6.07) is 6.41. The van der Waals surface area contributed by atoms with Crippen molar-refractivity contribution in [2.75, 3.05) is 13.1 Å². The fourth-order valence-electron chi connectivity index (χ4n) is 2.24. The lowest BCUT2D eigenvalue weighted by molar-refractivity contribution is 0.243. The van der Waals surface area contributed by atoms with Gasteiger partial charge in [-0.1, -0.05) is 12.1 Å². The van der Waals surface area contributed by atoms with Crippen LogP contribution in [0.1, 0.15) is 31.0 Å². The van der Waals surface area contributed by atoms with Crippen molar-refractivity contribution in [3.63, 3.8) is 0 Å². The number of benzene rings is 1. The normalized spacial score (nSPS) is 22.9. The van der Waals surface area contributed by atoms with Crippen LogP contribution in [-0.4, -0.2) is 18.2 Å². The second-order valence-electron chi connectivity index (χ2n) is 4.51. The standard InChI is InChI=1S/C13H18FNO/c14-13(8-10-2-1-7-15-9-10)11-3-5-12(16)6-4-11/h3-6,10,13,15-16H,1-2,7-9H2. The summed E-state index contributed by atoms with van der Waals surface area (Å²) in [6.45, 7) is 1.99. The minimum absolute atomic E-state index is 0.190. The van der Waals surface area contributed by atoms with Crippen molar-refractivity contribution < 1.29 is 9.50 Å². The summed E-state index contributed by atoms with van der Waals surface area (Å²) in [6.07, 6.45) is 1.93. The Hall–Kier alpha value is -1.09. The maximum absolute atomic E-state index is 13.9. The second kappa shape index (κ2) is 5.30. The van der Waals surface area contributed by atoms with Crippen molar-refractivity contribution in [1.82, 2.24) is 5.32 Å². The Morgan fingerprint density at radius 2 is 2.12 bits per heavy atom. The van der Waals surface area contributed by atoms with E-state index in [1.54, 1.807) is 24.3 Å². The molecule has 0 bridgehead atoms. The number of phenols is 1. The van der Waals surface area contributed by atoms with Crippen LogP contribution in [-0.2, 0) is 0 Å². The Kier molecular flexibility index (Phi) is 3.78. The molecule has 2 atom stereocenters. The van der Waals surface area contributed by atoms with Gasteiger partial charge in [-0.15, -0.1) is 0 Å². The van der Waals surface area contributed by atoms with Gasteiger partial charge < -0.3 is 10.4 Å². The summed E-state index contributed by atoms with van der Waals surface area (Å²) in [5.74, 6) is 0.632. The minimum Gasteiger partial charge on any atom is -0.508 e. The number of halogens is 1. The Labute approximate surface area is 95.5 Å². The molecule has 3 heteroatoms.